The number of rotatable bonds is 4. The second kappa shape index (κ2) is 7.41. The number of cyclic esters (lactones) is 1. The van der Waals surface area contributed by atoms with Crippen LogP contribution in [0.5, 0.6) is 0 Å². The average Bonchev–Trinajstić information content (AvgIpc) is 3.16. The molecule has 1 aliphatic rings. The summed E-state index contributed by atoms with van der Waals surface area (Å²) < 4.78 is 7.66. The maximum atomic E-state index is 13.4. The van der Waals surface area contributed by atoms with E-state index in [9.17, 15) is 4.79 Å². The number of alkyl halides is 1. The van der Waals surface area contributed by atoms with Gasteiger partial charge in [-0.3, -0.25) is 9.48 Å². The van der Waals surface area contributed by atoms with E-state index >= 15 is 0 Å². The number of benzene rings is 2. The third-order valence-corrected chi connectivity index (χ3v) is 5.95. The number of carbonyl (C=O) groups is 1. The molecule has 0 aliphatic carbocycles. The molecule has 1 aromatic heterocycles. The number of hydrogen-bond acceptors (Lipinski definition) is 3. The number of hydrogen-bond donors (Lipinski definition) is 0. The number of carbonyl (C=O) groups excluding carboxylic acids is 1. The van der Waals surface area contributed by atoms with E-state index in [-0.39, 0.29) is 11.4 Å². The molecule has 1 aliphatic heterocycles. The van der Waals surface area contributed by atoms with E-state index in [2.05, 4.69) is 5.10 Å². The first-order valence-corrected chi connectivity index (χ1v) is 9.34. The van der Waals surface area contributed by atoms with E-state index in [1.165, 1.54) is 0 Å². The Kier molecular flexibility index (Phi) is 5.33. The average molecular weight is 399 g/mol. The fourth-order valence-electron chi connectivity index (χ4n) is 4.06. The highest BCUT2D eigenvalue weighted by Gasteiger charge is 2.66. The van der Waals surface area contributed by atoms with Crippen LogP contribution in [0, 0.1) is 6.92 Å². The van der Waals surface area contributed by atoms with Crippen LogP contribution in [0.4, 0.5) is 0 Å². The van der Waals surface area contributed by atoms with Gasteiger partial charge in [-0.1, -0.05) is 60.7 Å². The normalized spacial score (nSPS) is 23.1. The first kappa shape index (κ1) is 20.1. The van der Waals surface area contributed by atoms with Gasteiger partial charge < -0.3 is 10.2 Å². The third-order valence-electron chi connectivity index (χ3n) is 5.42. The highest BCUT2D eigenvalue weighted by molar-refractivity contribution is 6.29. The molecule has 0 amide bonds. The fraction of sp³-hybridized carbons (Fsp3) is 0.273. The van der Waals surface area contributed by atoms with E-state index in [0.29, 0.717) is 6.54 Å². The monoisotopic (exact) mass is 398 g/mol. The molecule has 2 unspecified atom stereocenters. The third kappa shape index (κ3) is 2.91. The van der Waals surface area contributed by atoms with Gasteiger partial charge in [-0.15, -0.1) is 11.6 Å². The molecule has 28 heavy (non-hydrogen) atoms. The minimum Gasteiger partial charge on any atom is -0.457 e. The Morgan fingerprint density at radius 1 is 1.07 bits per heavy atom. The number of aromatic nitrogens is 2. The maximum Gasteiger partial charge on any atom is 0.323 e. The summed E-state index contributed by atoms with van der Waals surface area (Å²) in [4.78, 5) is 12.4. The first-order valence-electron chi connectivity index (χ1n) is 8.96. The van der Waals surface area contributed by atoms with E-state index in [1.54, 1.807) is 10.9 Å². The van der Waals surface area contributed by atoms with Crippen LogP contribution in [0.15, 0.2) is 73.1 Å². The molecule has 2 N–H and O–H groups in total. The Bertz CT molecular complexity index is 915. The van der Waals surface area contributed by atoms with Gasteiger partial charge >= 0.3 is 5.97 Å². The second-order valence-electron chi connectivity index (χ2n) is 7.19. The lowest BCUT2D eigenvalue weighted by Gasteiger charge is -2.38. The van der Waals surface area contributed by atoms with E-state index in [1.807, 2.05) is 80.7 Å². The molecule has 5 nitrogen and oxygen atoms in total. The van der Waals surface area contributed by atoms with Crippen LogP contribution in [0.1, 0.15) is 23.6 Å². The predicted molar refractivity (Wildman–Crippen MR) is 108 cm³/mol. The van der Waals surface area contributed by atoms with Crippen molar-refractivity contribution in [2.45, 2.75) is 36.8 Å². The molecule has 146 valence electrons. The molecule has 2 atom stereocenters. The van der Waals surface area contributed by atoms with Crippen molar-refractivity contribution in [3.05, 3.63) is 89.7 Å². The lowest BCUT2D eigenvalue weighted by Crippen LogP contribution is -2.51. The van der Waals surface area contributed by atoms with Gasteiger partial charge in [0.1, 0.15) is 16.4 Å². The van der Waals surface area contributed by atoms with Crippen molar-refractivity contribution in [2.24, 2.45) is 0 Å². The summed E-state index contributed by atoms with van der Waals surface area (Å²) in [5.74, 6) is -0.328. The van der Waals surface area contributed by atoms with Crippen LogP contribution in [0.3, 0.4) is 0 Å². The summed E-state index contributed by atoms with van der Waals surface area (Å²) in [5, 5.41) is 4.33. The van der Waals surface area contributed by atoms with Crippen LogP contribution in [-0.2, 0) is 21.5 Å². The van der Waals surface area contributed by atoms with Gasteiger partial charge in [0.15, 0.2) is 0 Å². The summed E-state index contributed by atoms with van der Waals surface area (Å²) in [6.07, 6.45) is 3.18. The molecule has 6 heteroatoms. The van der Waals surface area contributed by atoms with Gasteiger partial charge in [0.05, 0.1) is 12.7 Å². The van der Waals surface area contributed by atoms with Gasteiger partial charge in [-0.05, 0) is 30.5 Å². The van der Waals surface area contributed by atoms with Crippen molar-refractivity contribution in [3.63, 3.8) is 0 Å². The number of nitrogens with zero attached hydrogens (tertiary/aromatic N) is 2. The zero-order valence-corrected chi connectivity index (χ0v) is 16.6. The smallest absolute Gasteiger partial charge is 0.323 e. The lowest BCUT2D eigenvalue weighted by molar-refractivity contribution is -0.145. The molecule has 4 rings (SSSR count). The fourth-order valence-corrected chi connectivity index (χ4v) is 4.47. The Morgan fingerprint density at radius 2 is 1.61 bits per heavy atom. The highest BCUT2D eigenvalue weighted by atomic mass is 35.5. The van der Waals surface area contributed by atoms with Crippen molar-refractivity contribution >= 4 is 17.6 Å². The van der Waals surface area contributed by atoms with Gasteiger partial charge in [0, 0.05) is 6.20 Å². The van der Waals surface area contributed by atoms with E-state index in [4.69, 9.17) is 16.3 Å². The van der Waals surface area contributed by atoms with Gasteiger partial charge in [-0.25, -0.2) is 0 Å². The predicted octanol–water partition coefficient (Wildman–Crippen LogP) is 3.28. The zero-order chi connectivity index (χ0) is 19.1. The summed E-state index contributed by atoms with van der Waals surface area (Å²) in [6, 6.07) is 19.3. The van der Waals surface area contributed by atoms with E-state index < -0.39 is 16.4 Å². The Morgan fingerprint density at radius 3 is 2.07 bits per heavy atom. The maximum absolute atomic E-state index is 13.4. The van der Waals surface area contributed by atoms with Crippen LogP contribution in [0.2, 0.25) is 0 Å². The van der Waals surface area contributed by atoms with Crippen molar-refractivity contribution in [1.29, 1.82) is 0 Å². The molecular weight excluding hydrogens is 376 g/mol. The summed E-state index contributed by atoms with van der Waals surface area (Å²) >= 11 is 7.19. The largest absolute Gasteiger partial charge is 0.457 e. The quantitative estimate of drug-likeness (QED) is 0.500. The molecule has 0 bridgehead atoms. The Hall–Kier alpha value is -2.63. The summed E-state index contributed by atoms with van der Waals surface area (Å²) in [5.41, 5.74) is 1.62. The van der Waals surface area contributed by atoms with Crippen molar-refractivity contribution in [1.82, 2.24) is 9.78 Å². The molecule has 0 saturated carbocycles. The van der Waals surface area contributed by atoms with Crippen molar-refractivity contribution < 1.29 is 15.0 Å². The highest BCUT2D eigenvalue weighted by Crippen LogP contribution is 2.54. The summed E-state index contributed by atoms with van der Waals surface area (Å²) in [6.45, 7) is 4.27. The molecule has 2 heterocycles. The molecule has 1 saturated heterocycles. The Balaban J connectivity index is 0.00000225. The molecule has 2 aromatic carbocycles. The molecule has 0 radical (unpaired) electrons. The minimum atomic E-state index is -1.09. The summed E-state index contributed by atoms with van der Waals surface area (Å²) in [7, 11) is 0. The molecular formula is C22H23ClN2O3. The topological polar surface area (TPSA) is 75.6 Å². The van der Waals surface area contributed by atoms with Gasteiger partial charge in [0.2, 0.25) is 0 Å². The second-order valence-corrected chi connectivity index (χ2v) is 7.98. The van der Waals surface area contributed by atoms with Crippen molar-refractivity contribution in [3.8, 4) is 0 Å². The molecule has 1 fully saturated rings. The van der Waals surface area contributed by atoms with Crippen LogP contribution in [-0.4, -0.2) is 32.2 Å². The van der Waals surface area contributed by atoms with Crippen LogP contribution >= 0.6 is 11.6 Å². The van der Waals surface area contributed by atoms with E-state index in [0.717, 1.165) is 16.7 Å². The number of esters is 1. The molecule has 0 spiro atoms. The molecule has 3 aromatic rings. The number of ether oxygens (including phenoxy) is 1. The van der Waals surface area contributed by atoms with Gasteiger partial charge in [-0.2, -0.15) is 5.10 Å². The van der Waals surface area contributed by atoms with Crippen molar-refractivity contribution in [2.75, 3.05) is 0 Å². The number of aryl methyl sites for hydroxylation is 1. The SMILES string of the molecule is Cc1cnn(CC2OC(=O)C(c3ccccc3)(c3ccccc3)C2(C)Cl)c1.O. The van der Waals surface area contributed by atoms with Gasteiger partial charge in [0.25, 0.3) is 0 Å². The van der Waals surface area contributed by atoms with Crippen LogP contribution < -0.4 is 0 Å². The lowest BCUT2D eigenvalue weighted by atomic mass is 9.65. The van der Waals surface area contributed by atoms with Crippen LogP contribution in [0.25, 0.3) is 0 Å². The standard InChI is InChI=1S/C22H21ClN2O2.H2O/c1-16-13-24-25(14-16)15-19-21(2,23)22(20(26)27-19,17-9-5-3-6-10-17)18-11-7-4-8-12-18;/h3-14,19H,15H2,1-2H3;1H2. The minimum absolute atomic E-state index is 0. The first-order chi connectivity index (χ1) is 13.0. The number of halogens is 1. The zero-order valence-electron chi connectivity index (χ0n) is 15.8. The Labute approximate surface area is 169 Å².